The fourth-order valence-corrected chi connectivity index (χ4v) is 4.68. The van der Waals surface area contributed by atoms with Crippen LogP contribution in [0, 0.1) is 0 Å². The van der Waals surface area contributed by atoms with Crippen molar-refractivity contribution >= 4 is 17.4 Å². The van der Waals surface area contributed by atoms with Crippen molar-refractivity contribution in [3.63, 3.8) is 0 Å². The van der Waals surface area contributed by atoms with E-state index in [0.717, 1.165) is 43.0 Å². The summed E-state index contributed by atoms with van der Waals surface area (Å²) in [7, 11) is 0. The van der Waals surface area contributed by atoms with Crippen LogP contribution in [0.4, 0.5) is 5.82 Å². The van der Waals surface area contributed by atoms with Gasteiger partial charge in [0.1, 0.15) is 12.0 Å². The molecule has 1 fully saturated rings. The van der Waals surface area contributed by atoms with Gasteiger partial charge in [-0.25, -0.2) is 4.98 Å². The highest BCUT2D eigenvalue weighted by Gasteiger charge is 2.40. The Bertz CT molecular complexity index is 994. The molecule has 29 heavy (non-hydrogen) atoms. The van der Waals surface area contributed by atoms with Crippen molar-refractivity contribution in [2.75, 3.05) is 4.90 Å². The first-order valence-corrected chi connectivity index (χ1v) is 10.5. The fourth-order valence-electron chi connectivity index (χ4n) is 4.55. The van der Waals surface area contributed by atoms with Gasteiger partial charge in [0.25, 0.3) is 0 Å². The molecule has 1 aromatic carbocycles. The van der Waals surface area contributed by atoms with Gasteiger partial charge in [-0.15, -0.1) is 10.2 Å². The first-order chi connectivity index (χ1) is 14.2. The minimum atomic E-state index is 0.105. The molecule has 0 N–H and O–H groups in total. The lowest BCUT2D eigenvalue weighted by Gasteiger charge is -2.40. The van der Waals surface area contributed by atoms with E-state index in [1.165, 1.54) is 5.56 Å². The smallest absolute Gasteiger partial charge is 0.224 e. The molecule has 0 saturated heterocycles. The van der Waals surface area contributed by atoms with Gasteiger partial charge < -0.3 is 9.64 Å². The fraction of sp³-hybridized carbons (Fsp3) is 0.429. The molecule has 1 saturated carbocycles. The van der Waals surface area contributed by atoms with Gasteiger partial charge in [0, 0.05) is 6.04 Å². The number of halogens is 1. The molecule has 0 radical (unpaired) electrons. The molecule has 8 heteroatoms. The minimum Gasteiger partial charge on any atom is -0.373 e. The van der Waals surface area contributed by atoms with Crippen LogP contribution in [-0.2, 0) is 11.3 Å². The van der Waals surface area contributed by atoms with Crippen molar-refractivity contribution < 1.29 is 4.74 Å². The summed E-state index contributed by atoms with van der Waals surface area (Å²) in [5.74, 6) is 1.79. The molecule has 150 valence electrons. The Morgan fingerprint density at radius 2 is 2.07 bits per heavy atom. The van der Waals surface area contributed by atoms with Gasteiger partial charge in [0.05, 0.1) is 24.9 Å². The Morgan fingerprint density at radius 1 is 1.21 bits per heavy atom. The Morgan fingerprint density at radius 3 is 2.90 bits per heavy atom. The highest BCUT2D eigenvalue weighted by atomic mass is 35.5. The van der Waals surface area contributed by atoms with Crippen LogP contribution in [-0.4, -0.2) is 36.9 Å². The number of hydrogen-bond acceptors (Lipinski definition) is 6. The summed E-state index contributed by atoms with van der Waals surface area (Å²) < 4.78 is 8.21. The molecule has 3 aromatic rings. The van der Waals surface area contributed by atoms with E-state index in [2.05, 4.69) is 44.1 Å². The third kappa shape index (κ3) is 3.38. The topological polar surface area (TPSA) is 69.0 Å². The predicted octanol–water partition coefficient (Wildman–Crippen LogP) is 4.12. The molecule has 0 bridgehead atoms. The van der Waals surface area contributed by atoms with Crippen LogP contribution in [0.2, 0.25) is 5.28 Å². The Labute approximate surface area is 174 Å². The van der Waals surface area contributed by atoms with Crippen LogP contribution in [0.25, 0.3) is 5.69 Å². The molecule has 2 aromatic heterocycles. The van der Waals surface area contributed by atoms with E-state index in [9.17, 15) is 0 Å². The van der Waals surface area contributed by atoms with Crippen LogP contribution in [0.15, 0.2) is 42.9 Å². The van der Waals surface area contributed by atoms with Gasteiger partial charge in [0.2, 0.25) is 5.28 Å². The first-order valence-electron chi connectivity index (χ1n) is 10.1. The molecule has 0 spiro atoms. The molecule has 0 amide bonds. The van der Waals surface area contributed by atoms with Crippen LogP contribution in [0.5, 0.6) is 0 Å². The summed E-state index contributed by atoms with van der Waals surface area (Å²) in [6, 6.07) is 10.8. The maximum Gasteiger partial charge on any atom is 0.224 e. The summed E-state index contributed by atoms with van der Waals surface area (Å²) >= 11 is 6.17. The summed E-state index contributed by atoms with van der Waals surface area (Å²) in [4.78, 5) is 11.2. The molecule has 3 heterocycles. The molecule has 1 aliphatic carbocycles. The normalized spacial score (nSPS) is 23.1. The zero-order chi connectivity index (χ0) is 19.8. The molecular weight excluding hydrogens is 388 g/mol. The standard InChI is InChI=1S/C21H23ClN6O/c1-2-17-20-26-24-13-27(20)18-11-23-21(22)25-19(18)28(17)15-8-9-16(10-15)29-12-14-6-4-3-5-7-14/h3-7,11,13,15-17H,2,8-10,12H2,1H3/t15?,16?,17-/m1/s1. The van der Waals surface area contributed by atoms with Gasteiger partial charge >= 0.3 is 0 Å². The average molecular weight is 411 g/mol. The number of benzene rings is 1. The number of nitrogens with zero attached hydrogens (tertiary/aromatic N) is 6. The molecule has 1 aliphatic heterocycles. The second-order valence-electron chi connectivity index (χ2n) is 7.62. The largest absolute Gasteiger partial charge is 0.373 e. The van der Waals surface area contributed by atoms with Gasteiger partial charge in [-0.05, 0) is 42.8 Å². The minimum absolute atomic E-state index is 0.105. The van der Waals surface area contributed by atoms with Crippen molar-refractivity contribution in [3.05, 3.63) is 59.5 Å². The quantitative estimate of drug-likeness (QED) is 0.589. The number of hydrogen-bond donors (Lipinski definition) is 0. The van der Waals surface area contributed by atoms with E-state index < -0.39 is 0 Å². The lowest BCUT2D eigenvalue weighted by atomic mass is 10.0. The number of anilines is 1. The lowest BCUT2D eigenvalue weighted by Crippen LogP contribution is -2.42. The van der Waals surface area contributed by atoms with Crippen LogP contribution in [0.3, 0.4) is 0 Å². The van der Waals surface area contributed by atoms with E-state index in [0.29, 0.717) is 12.6 Å². The third-order valence-electron chi connectivity index (χ3n) is 5.90. The summed E-state index contributed by atoms with van der Waals surface area (Å²) in [5, 5.41) is 8.79. The van der Waals surface area contributed by atoms with E-state index in [1.807, 2.05) is 22.8 Å². The molecule has 2 unspecified atom stereocenters. The SMILES string of the molecule is CC[C@@H]1c2nncn2-c2cnc(Cl)nc2N1C1CCC(OCc2ccccc2)C1. The average Bonchev–Trinajstić information content (AvgIpc) is 3.41. The van der Waals surface area contributed by atoms with Crippen molar-refractivity contribution in [2.45, 2.75) is 57.4 Å². The van der Waals surface area contributed by atoms with E-state index in [1.54, 1.807) is 12.5 Å². The van der Waals surface area contributed by atoms with Gasteiger partial charge in [0.15, 0.2) is 11.6 Å². The van der Waals surface area contributed by atoms with Crippen LogP contribution in [0.1, 0.15) is 50.0 Å². The second kappa shape index (κ2) is 7.72. The summed E-state index contributed by atoms with van der Waals surface area (Å²) in [6.45, 7) is 2.82. The maximum atomic E-state index is 6.23. The highest BCUT2D eigenvalue weighted by molar-refractivity contribution is 6.28. The van der Waals surface area contributed by atoms with Gasteiger partial charge in [-0.3, -0.25) is 4.57 Å². The number of ether oxygens (including phenoxy) is 1. The van der Waals surface area contributed by atoms with Gasteiger partial charge in [-0.1, -0.05) is 37.3 Å². The van der Waals surface area contributed by atoms with Crippen molar-refractivity contribution in [1.29, 1.82) is 0 Å². The molecular formula is C21H23ClN6O. The Balaban J connectivity index is 1.39. The van der Waals surface area contributed by atoms with E-state index >= 15 is 0 Å². The van der Waals surface area contributed by atoms with E-state index in [4.69, 9.17) is 16.3 Å². The monoisotopic (exact) mass is 410 g/mol. The highest BCUT2D eigenvalue weighted by Crippen LogP contribution is 2.43. The Kier molecular flexibility index (Phi) is 4.93. The molecule has 5 rings (SSSR count). The van der Waals surface area contributed by atoms with Crippen LogP contribution >= 0.6 is 11.6 Å². The van der Waals surface area contributed by atoms with Gasteiger partial charge in [-0.2, -0.15) is 4.98 Å². The first kappa shape index (κ1) is 18.5. The molecule has 7 nitrogen and oxygen atoms in total. The Hall–Kier alpha value is -2.51. The van der Waals surface area contributed by atoms with Crippen molar-refractivity contribution in [1.82, 2.24) is 24.7 Å². The summed E-state index contributed by atoms with van der Waals surface area (Å²) in [5.41, 5.74) is 2.09. The van der Waals surface area contributed by atoms with E-state index in [-0.39, 0.29) is 17.4 Å². The molecule has 3 atom stereocenters. The number of aromatic nitrogens is 5. The number of fused-ring (bicyclic) bond motifs is 3. The zero-order valence-corrected chi connectivity index (χ0v) is 17.0. The van der Waals surface area contributed by atoms with Crippen LogP contribution < -0.4 is 4.90 Å². The maximum absolute atomic E-state index is 6.23. The third-order valence-corrected chi connectivity index (χ3v) is 6.08. The lowest BCUT2D eigenvalue weighted by molar-refractivity contribution is 0.0444. The second-order valence-corrected chi connectivity index (χ2v) is 7.96. The predicted molar refractivity (Wildman–Crippen MR) is 110 cm³/mol. The number of rotatable bonds is 5. The zero-order valence-electron chi connectivity index (χ0n) is 16.3. The van der Waals surface area contributed by atoms with Crippen molar-refractivity contribution in [2.24, 2.45) is 0 Å². The van der Waals surface area contributed by atoms with Crippen molar-refractivity contribution in [3.8, 4) is 5.69 Å². The summed E-state index contributed by atoms with van der Waals surface area (Å²) in [6.07, 6.45) is 7.67. The molecule has 2 aliphatic rings.